The minimum absolute atomic E-state index is 0.0201. The quantitative estimate of drug-likeness (QED) is 0.158. The van der Waals surface area contributed by atoms with Crippen LogP contribution in [0, 0.1) is 29.6 Å². The number of ether oxygens (including phenoxy) is 5. The number of aliphatic hydroxyl groups is 1. The molecule has 1 saturated carbocycles. The van der Waals surface area contributed by atoms with Crippen molar-refractivity contribution in [2.24, 2.45) is 29.6 Å². The summed E-state index contributed by atoms with van der Waals surface area (Å²) in [6.07, 6.45) is 4.52. The summed E-state index contributed by atoms with van der Waals surface area (Å²) in [4.78, 5) is 60.5. The summed E-state index contributed by atoms with van der Waals surface area (Å²) >= 11 is 0. The number of methoxy groups -OCH3 is 2. The fourth-order valence-corrected chi connectivity index (χ4v) is 10.4. The van der Waals surface area contributed by atoms with Crippen molar-refractivity contribution in [3.05, 3.63) is 53.6 Å². The number of hydrogen-bond acceptors (Lipinski definition) is 11. The standard InChI is InChI=1S/C50H75FN2O10/c1-11-36-26-31(3)44(51)32(4)27-42(59-9)46-43(60-10)28-34(6)50(58,63-46)47(55)48(56)53-24-16-15-19-39(53)49(57)62-45(30(2)20-23-40(36)54)33(5)25-35-21-22-38(52(7)8)41(29-35)61-37-17-13-12-14-18-37/h12-14,17-18,25-26,30,32,34-36,38-39,41-46,58H,11,15-16,19-24,27-29H2,1-10H3. The van der Waals surface area contributed by atoms with E-state index in [-0.39, 0.29) is 62.0 Å². The zero-order valence-corrected chi connectivity index (χ0v) is 39.4. The van der Waals surface area contributed by atoms with Gasteiger partial charge < -0.3 is 38.6 Å². The van der Waals surface area contributed by atoms with Gasteiger partial charge in [0.15, 0.2) is 0 Å². The second-order valence-corrected chi connectivity index (χ2v) is 19.2. The van der Waals surface area contributed by atoms with Crippen LogP contribution in [0.3, 0.4) is 0 Å². The molecule has 0 radical (unpaired) electrons. The van der Waals surface area contributed by atoms with Gasteiger partial charge >= 0.3 is 5.97 Å². The number of allylic oxidation sites excluding steroid dienone is 3. The van der Waals surface area contributed by atoms with E-state index in [2.05, 4.69) is 25.1 Å². The van der Waals surface area contributed by atoms with Crippen LogP contribution in [-0.4, -0.2) is 128 Å². The third-order valence-corrected chi connectivity index (χ3v) is 14.4. The van der Waals surface area contributed by atoms with Gasteiger partial charge in [-0.05, 0) is 133 Å². The molecule has 5 rings (SSSR count). The molecule has 352 valence electrons. The molecule has 1 N–H and O–H groups in total. The molecule has 1 aromatic carbocycles. The van der Waals surface area contributed by atoms with Gasteiger partial charge in [0.2, 0.25) is 5.79 Å². The van der Waals surface area contributed by atoms with Crippen LogP contribution in [0.15, 0.2) is 53.6 Å². The highest BCUT2D eigenvalue weighted by Gasteiger charge is 2.56. The lowest BCUT2D eigenvalue weighted by molar-refractivity contribution is -0.302. The lowest BCUT2D eigenvalue weighted by atomic mass is 9.81. The van der Waals surface area contributed by atoms with Crippen LogP contribution in [-0.2, 0) is 38.1 Å². The number of alkyl halides is 1. The number of carbonyl (C=O) groups is 4. The van der Waals surface area contributed by atoms with Gasteiger partial charge in [-0.15, -0.1) is 0 Å². The van der Waals surface area contributed by atoms with E-state index in [1.165, 1.54) is 19.1 Å². The molecule has 2 bridgehead atoms. The summed E-state index contributed by atoms with van der Waals surface area (Å²) in [6.45, 7) is 11.0. The molecule has 1 aromatic rings. The molecule has 12 nitrogen and oxygen atoms in total. The van der Waals surface area contributed by atoms with E-state index >= 15 is 4.39 Å². The van der Waals surface area contributed by atoms with Gasteiger partial charge in [-0.2, -0.15) is 0 Å². The predicted octanol–water partition coefficient (Wildman–Crippen LogP) is 7.45. The molecule has 3 fully saturated rings. The number of hydrogen-bond donors (Lipinski definition) is 1. The average molecular weight is 883 g/mol. The molecule has 0 aromatic heterocycles. The van der Waals surface area contributed by atoms with Gasteiger partial charge in [0.05, 0.1) is 12.2 Å². The number of benzene rings is 1. The molecule has 1 amide bonds. The number of halogens is 1. The fourth-order valence-electron chi connectivity index (χ4n) is 10.4. The maximum atomic E-state index is 16.3. The van der Waals surface area contributed by atoms with E-state index in [4.69, 9.17) is 23.7 Å². The highest BCUT2D eigenvalue weighted by atomic mass is 19.1. The first-order valence-electron chi connectivity index (χ1n) is 23.4. The number of ketones is 2. The molecule has 13 heteroatoms. The van der Waals surface area contributed by atoms with Crippen molar-refractivity contribution in [2.45, 2.75) is 167 Å². The maximum absolute atomic E-state index is 16.3. The van der Waals surface area contributed by atoms with Crippen LogP contribution in [0.2, 0.25) is 0 Å². The van der Waals surface area contributed by atoms with Gasteiger partial charge in [-0.25, -0.2) is 9.18 Å². The first-order valence-corrected chi connectivity index (χ1v) is 23.4. The molecule has 2 saturated heterocycles. The third kappa shape index (κ3) is 12.1. The molecule has 63 heavy (non-hydrogen) atoms. The second-order valence-electron chi connectivity index (χ2n) is 19.2. The Hall–Kier alpha value is -3.49. The molecular weight excluding hydrogens is 808 g/mol. The molecule has 14 atom stereocenters. The Labute approximate surface area is 375 Å². The third-order valence-electron chi connectivity index (χ3n) is 14.4. The van der Waals surface area contributed by atoms with E-state index < -0.39 is 77.8 Å². The van der Waals surface area contributed by atoms with Gasteiger partial charge in [0.25, 0.3) is 11.7 Å². The van der Waals surface area contributed by atoms with E-state index in [1.54, 1.807) is 26.8 Å². The van der Waals surface area contributed by atoms with Crippen LogP contribution in [0.25, 0.3) is 0 Å². The topological polar surface area (TPSA) is 141 Å². The van der Waals surface area contributed by atoms with Crippen LogP contribution < -0.4 is 4.74 Å². The van der Waals surface area contributed by atoms with Crippen molar-refractivity contribution in [3.8, 4) is 5.75 Å². The lowest BCUT2D eigenvalue weighted by Gasteiger charge is -2.47. The molecular formula is C50H75FN2O10. The number of rotatable bonds is 8. The first-order chi connectivity index (χ1) is 29.9. The number of fused-ring (bicyclic) bond motifs is 3. The Balaban J connectivity index is 1.51. The summed E-state index contributed by atoms with van der Waals surface area (Å²) in [5, 5.41) is 12.1. The Kier molecular flexibility index (Phi) is 18.1. The number of cyclic esters (lactones) is 1. The van der Waals surface area contributed by atoms with E-state index in [0.717, 1.165) is 30.6 Å². The van der Waals surface area contributed by atoms with Crippen LogP contribution in [0.4, 0.5) is 4.39 Å². The van der Waals surface area contributed by atoms with E-state index in [9.17, 15) is 24.3 Å². The van der Waals surface area contributed by atoms with E-state index in [1.807, 2.05) is 51.1 Å². The van der Waals surface area contributed by atoms with Gasteiger partial charge in [-0.1, -0.05) is 58.0 Å². The van der Waals surface area contributed by atoms with Gasteiger partial charge in [-0.3, -0.25) is 14.4 Å². The molecule has 3 heterocycles. The number of para-hydroxylation sites is 1. The average Bonchev–Trinajstić information content (AvgIpc) is 3.27. The summed E-state index contributed by atoms with van der Waals surface area (Å²) < 4.78 is 47.2. The summed E-state index contributed by atoms with van der Waals surface area (Å²) in [5.74, 6) is -6.82. The number of piperidine rings is 1. The first kappa shape index (κ1) is 50.5. The van der Waals surface area contributed by atoms with Gasteiger partial charge in [0, 0.05) is 45.1 Å². The normalized spacial score (nSPS) is 37.4. The molecule has 0 spiro atoms. The summed E-state index contributed by atoms with van der Waals surface area (Å²) in [5.41, 5.74) is 1.26. The van der Waals surface area contributed by atoms with Crippen molar-refractivity contribution in [1.29, 1.82) is 0 Å². The van der Waals surface area contributed by atoms with Crippen LogP contribution in [0.5, 0.6) is 5.75 Å². The molecule has 14 unspecified atom stereocenters. The predicted molar refractivity (Wildman–Crippen MR) is 238 cm³/mol. The number of nitrogens with zero attached hydrogens (tertiary/aromatic N) is 2. The van der Waals surface area contributed by atoms with Crippen molar-refractivity contribution >= 4 is 23.4 Å². The molecule has 4 aliphatic rings. The monoisotopic (exact) mass is 883 g/mol. The van der Waals surface area contributed by atoms with Crippen molar-refractivity contribution in [3.63, 3.8) is 0 Å². The summed E-state index contributed by atoms with van der Waals surface area (Å²) in [7, 11) is 7.07. The largest absolute Gasteiger partial charge is 0.489 e. The highest BCUT2D eigenvalue weighted by molar-refractivity contribution is 6.39. The number of esters is 1. The lowest BCUT2D eigenvalue weighted by Crippen LogP contribution is -2.64. The number of likely N-dealkylation sites (N-methyl/N-ethyl adjacent to an activating group) is 1. The Morgan fingerprint density at radius 3 is 2.27 bits per heavy atom. The zero-order valence-electron chi connectivity index (χ0n) is 39.4. The Bertz CT molecular complexity index is 1770. The zero-order chi connectivity index (χ0) is 46.2. The fraction of sp³-hybridized carbons (Fsp3) is 0.720. The van der Waals surface area contributed by atoms with Crippen LogP contribution in [0.1, 0.15) is 112 Å². The maximum Gasteiger partial charge on any atom is 0.329 e. The molecule has 3 aliphatic heterocycles. The summed E-state index contributed by atoms with van der Waals surface area (Å²) in [6, 6.07) is 8.92. The highest BCUT2D eigenvalue weighted by Crippen LogP contribution is 2.40. The van der Waals surface area contributed by atoms with Crippen LogP contribution >= 0.6 is 0 Å². The van der Waals surface area contributed by atoms with E-state index in [0.29, 0.717) is 31.3 Å². The number of Topliss-reactive ketones (excluding diaryl/α,β-unsaturated/α-hetero) is 2. The van der Waals surface area contributed by atoms with Gasteiger partial charge in [0.1, 0.15) is 42.1 Å². The minimum atomic E-state index is -2.56. The second kappa shape index (κ2) is 22.6. The SMILES string of the molecule is CCC1C=C(C)C(F)C(C)CC(OC)C2OC(O)(C(=O)C(=O)N3CCCCC3C(=O)OC(C(C)=CC3CCC(N(C)C)C(Oc4ccccc4)C3)C(C)CCC1=O)C(C)CC2OC. The Morgan fingerprint density at radius 1 is 0.937 bits per heavy atom. The van der Waals surface area contributed by atoms with Crippen molar-refractivity contribution < 1.29 is 52.4 Å². The van der Waals surface area contributed by atoms with Crippen molar-refractivity contribution in [2.75, 3.05) is 34.9 Å². The number of amides is 1. The number of carbonyl (C=O) groups excluding carboxylic acids is 4. The Morgan fingerprint density at radius 2 is 1.62 bits per heavy atom. The smallest absolute Gasteiger partial charge is 0.329 e. The van der Waals surface area contributed by atoms with Crippen molar-refractivity contribution in [1.82, 2.24) is 9.80 Å². The molecule has 1 aliphatic carbocycles. The minimum Gasteiger partial charge on any atom is -0.489 e.